The van der Waals surface area contributed by atoms with E-state index in [0.29, 0.717) is 11.7 Å². The molecule has 0 aromatic heterocycles. The van der Waals surface area contributed by atoms with E-state index in [1.165, 1.54) is 16.3 Å². The van der Waals surface area contributed by atoms with E-state index >= 15 is 0 Å². The maximum atomic E-state index is 13.2. The molecule has 158 valence electrons. The van der Waals surface area contributed by atoms with Gasteiger partial charge in [-0.15, -0.1) is 5.10 Å². The number of hydrogen-bond donors (Lipinski definition) is 0. The van der Waals surface area contributed by atoms with E-state index in [0.717, 1.165) is 30.4 Å². The van der Waals surface area contributed by atoms with Crippen molar-refractivity contribution < 1.29 is 4.79 Å². The van der Waals surface area contributed by atoms with Gasteiger partial charge in [-0.1, -0.05) is 104 Å². The Kier molecular flexibility index (Phi) is 6.82. The molecule has 0 saturated carbocycles. The smallest absolute Gasteiger partial charge is 0.242 e. The number of fused-ring (bicyclic) bond motifs is 1. The van der Waals surface area contributed by atoms with Crippen molar-refractivity contribution in [1.82, 2.24) is 4.90 Å². The molecule has 1 fully saturated rings. The highest BCUT2D eigenvalue weighted by molar-refractivity contribution is 8.15. The van der Waals surface area contributed by atoms with E-state index in [9.17, 15) is 4.79 Å². The number of nitrogens with zero attached hydrogens (tertiary/aromatic N) is 3. The number of amides is 1. The van der Waals surface area contributed by atoms with Crippen molar-refractivity contribution in [2.24, 2.45) is 10.2 Å². The number of amidine groups is 1. The highest BCUT2D eigenvalue weighted by Gasteiger charge is 2.37. The summed E-state index contributed by atoms with van der Waals surface area (Å²) >= 11 is 1.54. The lowest BCUT2D eigenvalue weighted by atomic mass is 10.0. The summed E-state index contributed by atoms with van der Waals surface area (Å²) in [6, 6.07) is 22.7. The van der Waals surface area contributed by atoms with Gasteiger partial charge in [0.1, 0.15) is 0 Å². The number of benzene rings is 3. The summed E-state index contributed by atoms with van der Waals surface area (Å²) in [5.74, 6) is 0.135. The minimum atomic E-state index is -0.0803. The molecular formula is C26H27N3OS. The number of hydrogen-bond acceptors (Lipinski definition) is 4. The first-order valence-corrected chi connectivity index (χ1v) is 11.7. The Balaban J connectivity index is 1.61. The van der Waals surface area contributed by atoms with Gasteiger partial charge in [-0.05, 0) is 35.2 Å². The van der Waals surface area contributed by atoms with Crippen molar-refractivity contribution >= 4 is 39.8 Å². The quantitative estimate of drug-likeness (QED) is 0.333. The van der Waals surface area contributed by atoms with Crippen LogP contribution in [0.1, 0.15) is 42.9 Å². The third-order valence-corrected chi connectivity index (χ3v) is 6.71. The monoisotopic (exact) mass is 429 g/mol. The van der Waals surface area contributed by atoms with Crippen molar-refractivity contribution in [1.29, 1.82) is 0 Å². The number of unbranched alkanes of at least 4 members (excludes halogenated alkanes) is 1. The maximum Gasteiger partial charge on any atom is 0.242 e. The van der Waals surface area contributed by atoms with Crippen LogP contribution in [0.5, 0.6) is 0 Å². The summed E-state index contributed by atoms with van der Waals surface area (Å²) < 4.78 is 0. The van der Waals surface area contributed by atoms with Gasteiger partial charge in [-0.25, -0.2) is 0 Å². The van der Waals surface area contributed by atoms with Crippen molar-refractivity contribution in [2.75, 3.05) is 0 Å². The normalized spacial score (nSPS) is 18.0. The summed E-state index contributed by atoms with van der Waals surface area (Å²) in [5, 5.41) is 11.7. The molecule has 0 radical (unpaired) electrons. The van der Waals surface area contributed by atoms with Gasteiger partial charge in [-0.2, -0.15) is 5.10 Å². The molecule has 4 rings (SSSR count). The van der Waals surface area contributed by atoms with Gasteiger partial charge in [-0.3, -0.25) is 9.69 Å². The van der Waals surface area contributed by atoms with E-state index < -0.39 is 0 Å². The Morgan fingerprint density at radius 1 is 1.03 bits per heavy atom. The highest BCUT2D eigenvalue weighted by Crippen LogP contribution is 2.33. The largest absolute Gasteiger partial charge is 0.284 e. The molecule has 0 spiro atoms. The topological polar surface area (TPSA) is 45.0 Å². The van der Waals surface area contributed by atoms with E-state index in [-0.39, 0.29) is 11.2 Å². The second-order valence-corrected chi connectivity index (χ2v) is 9.02. The Hall–Kier alpha value is -2.92. The van der Waals surface area contributed by atoms with Crippen LogP contribution >= 0.6 is 11.8 Å². The average molecular weight is 430 g/mol. The summed E-state index contributed by atoms with van der Waals surface area (Å²) in [5.41, 5.74) is 3.33. The van der Waals surface area contributed by atoms with Gasteiger partial charge in [0.25, 0.3) is 0 Å². The zero-order chi connectivity index (χ0) is 21.6. The number of aryl methyl sites for hydroxylation is 1. The van der Waals surface area contributed by atoms with Crippen molar-refractivity contribution in [3.8, 4) is 0 Å². The summed E-state index contributed by atoms with van der Waals surface area (Å²) in [7, 11) is 0. The first-order chi connectivity index (χ1) is 15.2. The number of carbonyl (C=O) groups is 1. The maximum absolute atomic E-state index is 13.2. The molecule has 5 heteroatoms. The van der Waals surface area contributed by atoms with Crippen LogP contribution in [0.25, 0.3) is 10.8 Å². The van der Waals surface area contributed by atoms with E-state index in [1.54, 1.807) is 22.9 Å². The molecule has 1 heterocycles. The second kappa shape index (κ2) is 9.92. The Bertz CT molecular complexity index is 1120. The van der Waals surface area contributed by atoms with Crippen molar-refractivity contribution in [3.05, 3.63) is 83.4 Å². The third-order valence-electron chi connectivity index (χ3n) is 5.48. The molecule has 0 bridgehead atoms. The third kappa shape index (κ3) is 5.05. The molecule has 3 aromatic rings. The van der Waals surface area contributed by atoms with Crippen LogP contribution in [0.15, 0.2) is 76.9 Å². The lowest BCUT2D eigenvalue weighted by molar-refractivity contribution is -0.126. The molecule has 1 saturated heterocycles. The Morgan fingerprint density at radius 2 is 1.81 bits per heavy atom. The first kappa shape index (κ1) is 21.3. The van der Waals surface area contributed by atoms with Crippen LogP contribution in [0.2, 0.25) is 0 Å². The van der Waals surface area contributed by atoms with Crippen LogP contribution in [0.3, 0.4) is 0 Å². The minimum Gasteiger partial charge on any atom is -0.284 e. The lowest BCUT2D eigenvalue weighted by Gasteiger charge is -2.17. The number of rotatable bonds is 7. The van der Waals surface area contributed by atoms with Gasteiger partial charge in [0, 0.05) is 0 Å². The molecule has 3 aromatic carbocycles. The lowest BCUT2D eigenvalue weighted by Crippen LogP contribution is -2.31. The molecular weight excluding hydrogens is 402 g/mol. The molecule has 1 amide bonds. The second-order valence-electron chi connectivity index (χ2n) is 7.85. The van der Waals surface area contributed by atoms with Gasteiger partial charge >= 0.3 is 0 Å². The van der Waals surface area contributed by atoms with Crippen molar-refractivity contribution in [3.63, 3.8) is 0 Å². The van der Waals surface area contributed by atoms with E-state index in [2.05, 4.69) is 60.4 Å². The van der Waals surface area contributed by atoms with Gasteiger partial charge < -0.3 is 0 Å². The molecule has 0 aliphatic carbocycles. The fourth-order valence-corrected chi connectivity index (χ4v) is 4.85. The van der Waals surface area contributed by atoms with Crippen LogP contribution in [-0.2, 0) is 11.3 Å². The predicted molar refractivity (Wildman–Crippen MR) is 132 cm³/mol. The molecule has 4 nitrogen and oxygen atoms in total. The fraction of sp³-hybridized carbons (Fsp3) is 0.269. The van der Waals surface area contributed by atoms with Crippen LogP contribution in [0, 0.1) is 6.92 Å². The first-order valence-electron chi connectivity index (χ1n) is 10.8. The average Bonchev–Trinajstić information content (AvgIpc) is 3.08. The van der Waals surface area contributed by atoms with Crippen LogP contribution in [-0.4, -0.2) is 27.4 Å². The van der Waals surface area contributed by atoms with Crippen molar-refractivity contribution in [2.45, 2.75) is 44.9 Å². The molecule has 1 aliphatic heterocycles. The fourth-order valence-electron chi connectivity index (χ4n) is 3.70. The molecule has 0 N–H and O–H groups in total. The Labute approximate surface area is 188 Å². The zero-order valence-corrected chi connectivity index (χ0v) is 18.8. The highest BCUT2D eigenvalue weighted by atomic mass is 32.2. The predicted octanol–water partition coefficient (Wildman–Crippen LogP) is 6.17. The summed E-state index contributed by atoms with van der Waals surface area (Å²) in [6.45, 7) is 4.72. The summed E-state index contributed by atoms with van der Waals surface area (Å²) in [6.07, 6.45) is 4.72. The van der Waals surface area contributed by atoms with E-state index in [1.807, 2.05) is 30.3 Å². The van der Waals surface area contributed by atoms with Gasteiger partial charge in [0.15, 0.2) is 5.17 Å². The van der Waals surface area contributed by atoms with Gasteiger partial charge in [0.05, 0.1) is 18.0 Å². The van der Waals surface area contributed by atoms with Crippen LogP contribution in [0.4, 0.5) is 0 Å². The molecule has 0 unspecified atom stereocenters. The number of thioether (sulfide) groups is 1. The standard InChI is InChI=1S/C26H27N3OS/c1-3-4-12-24-25(30)29(18-22-10-7-9-21-8-5-6-11-23(21)22)26(31-24)28-27-17-20-15-13-19(2)14-16-20/h5-11,13-17,24H,3-4,12,18H2,1-2H3/b27-17-,28-26+/t24-/m0/s1. The summed E-state index contributed by atoms with van der Waals surface area (Å²) in [4.78, 5) is 15.0. The Morgan fingerprint density at radius 3 is 2.61 bits per heavy atom. The SMILES string of the molecule is CCCC[C@@H]1S/C(=N/N=C\c2ccc(C)cc2)N(Cc2cccc3ccccc23)C1=O. The molecule has 1 atom stereocenters. The molecule has 31 heavy (non-hydrogen) atoms. The zero-order valence-electron chi connectivity index (χ0n) is 18.0. The minimum absolute atomic E-state index is 0.0803. The number of carbonyl (C=O) groups excluding carboxylic acids is 1. The van der Waals surface area contributed by atoms with E-state index in [4.69, 9.17) is 0 Å². The molecule has 1 aliphatic rings. The van der Waals surface area contributed by atoms with Crippen LogP contribution < -0.4 is 0 Å². The van der Waals surface area contributed by atoms with Gasteiger partial charge in [0.2, 0.25) is 5.91 Å².